The molecule has 0 aliphatic rings. The van der Waals surface area contributed by atoms with Crippen molar-refractivity contribution in [1.82, 2.24) is 4.98 Å². The number of rotatable bonds is 7. The molecule has 2 aromatic rings. The Hall–Kier alpha value is -2.40. The Bertz CT molecular complexity index is 628. The largest absolute Gasteiger partial charge is 0.477 e. The Kier molecular flexibility index (Phi) is 5.91. The lowest BCUT2D eigenvalue weighted by molar-refractivity contribution is 0.0464. The van der Waals surface area contributed by atoms with Gasteiger partial charge in [0.2, 0.25) is 5.88 Å². The summed E-state index contributed by atoms with van der Waals surface area (Å²) in [6.07, 6.45) is 1.58. The summed E-state index contributed by atoms with van der Waals surface area (Å²) in [6, 6.07) is 11.0. The summed E-state index contributed by atoms with van der Waals surface area (Å²) >= 11 is 0. The monoisotopic (exact) mass is 301 g/mol. The third-order valence-electron chi connectivity index (χ3n) is 3.05. The van der Waals surface area contributed by atoms with E-state index >= 15 is 0 Å². The van der Waals surface area contributed by atoms with Gasteiger partial charge in [0.15, 0.2) is 0 Å². The first-order valence-corrected chi connectivity index (χ1v) is 7.07. The molecule has 1 aromatic carbocycles. The summed E-state index contributed by atoms with van der Waals surface area (Å²) in [7, 11) is 1.63. The molecule has 0 radical (unpaired) electrons. The molecular weight excluding hydrogens is 282 g/mol. The minimum Gasteiger partial charge on any atom is -0.477 e. The van der Waals surface area contributed by atoms with Crippen molar-refractivity contribution in [2.75, 3.05) is 13.7 Å². The Morgan fingerprint density at radius 1 is 1.09 bits per heavy atom. The Morgan fingerprint density at radius 2 is 1.82 bits per heavy atom. The van der Waals surface area contributed by atoms with E-state index in [1.54, 1.807) is 25.4 Å². The van der Waals surface area contributed by atoms with Crippen LogP contribution < -0.4 is 4.74 Å². The van der Waals surface area contributed by atoms with E-state index in [0.29, 0.717) is 24.7 Å². The van der Waals surface area contributed by atoms with Gasteiger partial charge < -0.3 is 14.2 Å². The van der Waals surface area contributed by atoms with E-state index in [2.05, 4.69) is 4.98 Å². The van der Waals surface area contributed by atoms with Crippen molar-refractivity contribution in [3.63, 3.8) is 0 Å². The fourth-order valence-corrected chi connectivity index (χ4v) is 2.01. The average molecular weight is 301 g/mol. The molecule has 0 saturated carbocycles. The number of nitrogens with zero attached hydrogens (tertiary/aromatic N) is 1. The second kappa shape index (κ2) is 8.14. The van der Waals surface area contributed by atoms with Crippen LogP contribution in [0.3, 0.4) is 0 Å². The van der Waals surface area contributed by atoms with E-state index in [9.17, 15) is 4.79 Å². The summed E-state index contributed by atoms with van der Waals surface area (Å²) in [5, 5.41) is 0. The third-order valence-corrected chi connectivity index (χ3v) is 3.05. The van der Waals surface area contributed by atoms with Gasteiger partial charge in [-0.25, -0.2) is 9.78 Å². The fourth-order valence-electron chi connectivity index (χ4n) is 2.01. The van der Waals surface area contributed by atoms with Crippen molar-refractivity contribution < 1.29 is 19.0 Å². The molecule has 0 saturated heterocycles. The number of hydrogen-bond acceptors (Lipinski definition) is 5. The molecule has 0 bridgehead atoms. The lowest BCUT2D eigenvalue weighted by Crippen LogP contribution is -2.10. The average Bonchev–Trinajstić information content (AvgIpc) is 2.55. The summed E-state index contributed by atoms with van der Waals surface area (Å²) in [5.74, 6) is -0.163. The smallest absolute Gasteiger partial charge is 0.343 e. The van der Waals surface area contributed by atoms with E-state index < -0.39 is 5.97 Å². The molecule has 0 aliphatic heterocycles. The van der Waals surface area contributed by atoms with Gasteiger partial charge in [-0.05, 0) is 30.2 Å². The molecule has 5 heteroatoms. The van der Waals surface area contributed by atoms with Gasteiger partial charge in [-0.15, -0.1) is 0 Å². The molecule has 22 heavy (non-hydrogen) atoms. The van der Waals surface area contributed by atoms with Crippen LogP contribution in [0.15, 0.2) is 42.6 Å². The number of benzene rings is 1. The van der Waals surface area contributed by atoms with Crippen molar-refractivity contribution in [2.24, 2.45) is 0 Å². The molecule has 0 aliphatic carbocycles. The van der Waals surface area contributed by atoms with Gasteiger partial charge in [0.25, 0.3) is 0 Å². The SMILES string of the molecule is CCOc1ncccc1C(=O)OCc1ccccc1COC. The van der Waals surface area contributed by atoms with Crippen molar-refractivity contribution >= 4 is 5.97 Å². The summed E-state index contributed by atoms with van der Waals surface area (Å²) in [4.78, 5) is 16.3. The van der Waals surface area contributed by atoms with Gasteiger partial charge in [-0.1, -0.05) is 24.3 Å². The van der Waals surface area contributed by atoms with Crippen LogP contribution in [-0.2, 0) is 22.7 Å². The zero-order chi connectivity index (χ0) is 15.8. The van der Waals surface area contributed by atoms with Crippen LogP contribution in [0.5, 0.6) is 5.88 Å². The molecule has 2 rings (SSSR count). The highest BCUT2D eigenvalue weighted by Gasteiger charge is 2.15. The minimum atomic E-state index is -0.455. The maximum absolute atomic E-state index is 12.2. The predicted molar refractivity (Wildman–Crippen MR) is 81.7 cm³/mol. The number of carbonyl (C=O) groups excluding carboxylic acids is 1. The number of aromatic nitrogens is 1. The molecule has 5 nitrogen and oxygen atoms in total. The van der Waals surface area contributed by atoms with Crippen molar-refractivity contribution in [2.45, 2.75) is 20.1 Å². The molecule has 0 atom stereocenters. The molecule has 0 spiro atoms. The normalized spacial score (nSPS) is 10.3. The second-order valence-electron chi connectivity index (χ2n) is 4.57. The molecule has 0 amide bonds. The van der Waals surface area contributed by atoms with Gasteiger partial charge in [-0.2, -0.15) is 0 Å². The first kappa shape index (κ1) is 16.0. The highest BCUT2D eigenvalue weighted by atomic mass is 16.5. The van der Waals surface area contributed by atoms with Gasteiger partial charge in [0, 0.05) is 13.3 Å². The van der Waals surface area contributed by atoms with Crippen molar-refractivity contribution in [3.05, 3.63) is 59.3 Å². The number of ether oxygens (including phenoxy) is 3. The number of esters is 1. The van der Waals surface area contributed by atoms with E-state index in [1.165, 1.54) is 0 Å². The quantitative estimate of drug-likeness (QED) is 0.736. The predicted octanol–water partition coefficient (Wildman–Crippen LogP) is 2.98. The maximum Gasteiger partial charge on any atom is 0.343 e. The first-order valence-electron chi connectivity index (χ1n) is 7.07. The molecule has 0 unspecified atom stereocenters. The summed E-state index contributed by atoms with van der Waals surface area (Å²) in [6.45, 7) is 2.93. The lowest BCUT2D eigenvalue weighted by Gasteiger charge is -2.11. The third kappa shape index (κ3) is 4.05. The number of carbonyl (C=O) groups is 1. The van der Waals surface area contributed by atoms with Gasteiger partial charge in [-0.3, -0.25) is 0 Å². The standard InChI is InChI=1S/C17H19NO4/c1-3-21-16-15(9-6-10-18-16)17(19)22-12-14-8-5-4-7-13(14)11-20-2/h4-10H,3,11-12H2,1-2H3. The number of methoxy groups -OCH3 is 1. The zero-order valence-electron chi connectivity index (χ0n) is 12.7. The van der Waals surface area contributed by atoms with Crippen molar-refractivity contribution in [1.29, 1.82) is 0 Å². The summed E-state index contributed by atoms with van der Waals surface area (Å²) < 4.78 is 15.9. The van der Waals surface area contributed by atoms with Crippen LogP contribution >= 0.6 is 0 Å². The van der Waals surface area contributed by atoms with E-state index in [1.807, 2.05) is 31.2 Å². The van der Waals surface area contributed by atoms with Crippen LogP contribution in [0.2, 0.25) is 0 Å². The molecule has 1 aromatic heterocycles. The van der Waals surface area contributed by atoms with E-state index in [0.717, 1.165) is 11.1 Å². The van der Waals surface area contributed by atoms with Crippen LogP contribution in [0.1, 0.15) is 28.4 Å². The Labute approximate surface area is 129 Å². The zero-order valence-corrected chi connectivity index (χ0v) is 12.7. The Balaban J connectivity index is 2.07. The highest BCUT2D eigenvalue weighted by Crippen LogP contribution is 2.17. The molecule has 0 N–H and O–H groups in total. The highest BCUT2D eigenvalue weighted by molar-refractivity contribution is 5.91. The van der Waals surface area contributed by atoms with Crippen LogP contribution in [-0.4, -0.2) is 24.7 Å². The van der Waals surface area contributed by atoms with Crippen LogP contribution in [0.4, 0.5) is 0 Å². The summed E-state index contributed by atoms with van der Waals surface area (Å²) in [5.41, 5.74) is 2.24. The Morgan fingerprint density at radius 3 is 2.50 bits per heavy atom. The van der Waals surface area contributed by atoms with Crippen LogP contribution in [0, 0.1) is 0 Å². The lowest BCUT2D eigenvalue weighted by atomic mass is 10.1. The molecular formula is C17H19NO4. The molecule has 0 fully saturated rings. The van der Waals surface area contributed by atoms with Crippen LogP contribution in [0.25, 0.3) is 0 Å². The van der Waals surface area contributed by atoms with Gasteiger partial charge in [0.1, 0.15) is 12.2 Å². The maximum atomic E-state index is 12.2. The van der Waals surface area contributed by atoms with Crippen molar-refractivity contribution in [3.8, 4) is 5.88 Å². The van der Waals surface area contributed by atoms with E-state index in [-0.39, 0.29) is 6.61 Å². The molecule has 116 valence electrons. The fraction of sp³-hybridized carbons (Fsp3) is 0.294. The topological polar surface area (TPSA) is 57.7 Å². The van der Waals surface area contributed by atoms with E-state index in [4.69, 9.17) is 14.2 Å². The number of hydrogen-bond donors (Lipinski definition) is 0. The minimum absolute atomic E-state index is 0.179. The van der Waals surface area contributed by atoms with Gasteiger partial charge in [0.05, 0.1) is 13.2 Å². The number of pyridine rings is 1. The van der Waals surface area contributed by atoms with Gasteiger partial charge >= 0.3 is 5.97 Å². The first-order chi connectivity index (χ1) is 10.8. The second-order valence-corrected chi connectivity index (χ2v) is 4.57. The molecule has 1 heterocycles.